The summed E-state index contributed by atoms with van der Waals surface area (Å²) in [6, 6.07) is 9.94. The van der Waals surface area contributed by atoms with Crippen LogP contribution >= 0.6 is 0 Å². The van der Waals surface area contributed by atoms with Gasteiger partial charge in [0.1, 0.15) is 5.76 Å². The van der Waals surface area contributed by atoms with E-state index >= 15 is 0 Å². The lowest BCUT2D eigenvalue weighted by Crippen LogP contribution is -2.27. The molecule has 1 amide bonds. The number of nitrogens with one attached hydrogen (secondary N) is 1. The highest BCUT2D eigenvalue weighted by Crippen LogP contribution is 2.24. The highest BCUT2D eigenvalue weighted by molar-refractivity contribution is 5.92. The van der Waals surface area contributed by atoms with Crippen LogP contribution in [0.1, 0.15) is 47.6 Å². The van der Waals surface area contributed by atoms with Crippen LogP contribution in [0.25, 0.3) is 0 Å². The summed E-state index contributed by atoms with van der Waals surface area (Å²) in [4.78, 5) is 14.5. The van der Waals surface area contributed by atoms with Gasteiger partial charge in [-0.3, -0.25) is 4.79 Å². The molecule has 1 aromatic carbocycles. The SMILES string of the molecule is Cc1cc(C(=O)NC(C)c2cccc(N3CCCC3)c2)no1. The van der Waals surface area contributed by atoms with Crippen LogP contribution in [0.15, 0.2) is 34.9 Å². The number of amides is 1. The third-order valence-corrected chi connectivity index (χ3v) is 4.05. The molecule has 3 rings (SSSR count). The third kappa shape index (κ3) is 3.13. The van der Waals surface area contributed by atoms with Crippen molar-refractivity contribution in [2.75, 3.05) is 18.0 Å². The summed E-state index contributed by atoms with van der Waals surface area (Å²) in [5, 5.41) is 6.71. The van der Waals surface area contributed by atoms with E-state index in [0.29, 0.717) is 11.5 Å². The van der Waals surface area contributed by atoms with Gasteiger partial charge in [0.25, 0.3) is 5.91 Å². The smallest absolute Gasteiger partial charge is 0.273 e. The van der Waals surface area contributed by atoms with E-state index in [9.17, 15) is 4.79 Å². The summed E-state index contributed by atoms with van der Waals surface area (Å²) in [7, 11) is 0. The van der Waals surface area contributed by atoms with Crippen molar-refractivity contribution in [3.63, 3.8) is 0 Å². The first-order valence-electron chi connectivity index (χ1n) is 7.72. The van der Waals surface area contributed by atoms with Gasteiger partial charge in [0, 0.05) is 24.8 Å². The van der Waals surface area contributed by atoms with Crippen molar-refractivity contribution < 1.29 is 9.32 Å². The van der Waals surface area contributed by atoms with Gasteiger partial charge in [-0.2, -0.15) is 0 Å². The number of aromatic nitrogens is 1. The Hall–Kier alpha value is -2.30. The molecule has 1 saturated heterocycles. The van der Waals surface area contributed by atoms with Gasteiger partial charge >= 0.3 is 0 Å². The average molecular weight is 299 g/mol. The van der Waals surface area contributed by atoms with Crippen molar-refractivity contribution in [3.8, 4) is 0 Å². The molecule has 0 saturated carbocycles. The average Bonchev–Trinajstić information content (AvgIpc) is 3.18. The molecule has 5 heteroatoms. The van der Waals surface area contributed by atoms with Gasteiger partial charge in [-0.15, -0.1) is 0 Å². The van der Waals surface area contributed by atoms with Crippen LogP contribution in [0.2, 0.25) is 0 Å². The maximum Gasteiger partial charge on any atom is 0.273 e. The number of carbonyl (C=O) groups is 1. The standard InChI is InChI=1S/C17H21N3O2/c1-12-10-16(19-22-12)17(21)18-13(2)14-6-5-7-15(11-14)20-8-3-4-9-20/h5-7,10-11,13H,3-4,8-9H2,1-2H3,(H,18,21). The molecular weight excluding hydrogens is 278 g/mol. The summed E-state index contributed by atoms with van der Waals surface area (Å²) in [5.41, 5.74) is 2.64. The Kier molecular flexibility index (Phi) is 4.13. The zero-order valence-corrected chi connectivity index (χ0v) is 13.0. The summed E-state index contributed by atoms with van der Waals surface area (Å²) in [6.45, 7) is 5.98. The Bertz CT molecular complexity index is 659. The molecule has 1 aliphatic heterocycles. The van der Waals surface area contributed by atoms with E-state index in [4.69, 9.17) is 4.52 Å². The molecule has 0 radical (unpaired) electrons. The van der Waals surface area contributed by atoms with Crippen LogP contribution in [-0.4, -0.2) is 24.2 Å². The Morgan fingerprint density at radius 2 is 2.09 bits per heavy atom. The lowest BCUT2D eigenvalue weighted by Gasteiger charge is -2.20. The maximum atomic E-state index is 12.1. The first kappa shape index (κ1) is 14.6. The van der Waals surface area contributed by atoms with Crippen molar-refractivity contribution in [3.05, 3.63) is 47.3 Å². The molecule has 22 heavy (non-hydrogen) atoms. The van der Waals surface area contributed by atoms with Crippen LogP contribution in [-0.2, 0) is 0 Å². The Morgan fingerprint density at radius 1 is 1.32 bits per heavy atom. The molecule has 116 valence electrons. The van der Waals surface area contributed by atoms with E-state index in [1.165, 1.54) is 18.5 Å². The fraction of sp³-hybridized carbons (Fsp3) is 0.412. The van der Waals surface area contributed by atoms with Crippen molar-refractivity contribution >= 4 is 11.6 Å². The van der Waals surface area contributed by atoms with Gasteiger partial charge in [0.05, 0.1) is 6.04 Å². The molecule has 2 aromatic rings. The van der Waals surface area contributed by atoms with Gasteiger partial charge in [0.2, 0.25) is 0 Å². The fourth-order valence-corrected chi connectivity index (χ4v) is 2.79. The first-order valence-corrected chi connectivity index (χ1v) is 7.72. The monoisotopic (exact) mass is 299 g/mol. The summed E-state index contributed by atoms with van der Waals surface area (Å²) in [5.74, 6) is 0.421. The molecular formula is C17H21N3O2. The van der Waals surface area contributed by atoms with Crippen molar-refractivity contribution in [1.82, 2.24) is 10.5 Å². The van der Waals surface area contributed by atoms with E-state index < -0.39 is 0 Å². The number of benzene rings is 1. The number of rotatable bonds is 4. The van der Waals surface area contributed by atoms with E-state index in [0.717, 1.165) is 18.7 Å². The lowest BCUT2D eigenvalue weighted by atomic mass is 10.1. The second kappa shape index (κ2) is 6.22. The molecule has 1 N–H and O–H groups in total. The van der Waals surface area contributed by atoms with Crippen LogP contribution < -0.4 is 10.2 Å². The highest BCUT2D eigenvalue weighted by atomic mass is 16.5. The van der Waals surface area contributed by atoms with Crippen LogP contribution in [0.4, 0.5) is 5.69 Å². The van der Waals surface area contributed by atoms with Crippen LogP contribution in [0, 0.1) is 6.92 Å². The molecule has 1 fully saturated rings. The molecule has 0 spiro atoms. The van der Waals surface area contributed by atoms with Gasteiger partial charge < -0.3 is 14.7 Å². The van der Waals surface area contributed by atoms with Crippen molar-refractivity contribution in [2.24, 2.45) is 0 Å². The van der Waals surface area contributed by atoms with E-state index in [1.54, 1.807) is 13.0 Å². The summed E-state index contributed by atoms with van der Waals surface area (Å²) < 4.78 is 4.94. The second-order valence-electron chi connectivity index (χ2n) is 5.81. The van der Waals surface area contributed by atoms with Gasteiger partial charge in [0.15, 0.2) is 5.69 Å². The van der Waals surface area contributed by atoms with Crippen LogP contribution in [0.5, 0.6) is 0 Å². The number of carbonyl (C=O) groups excluding carboxylic acids is 1. The molecule has 2 heterocycles. The number of nitrogens with zero attached hydrogens (tertiary/aromatic N) is 2. The van der Waals surface area contributed by atoms with Crippen molar-refractivity contribution in [2.45, 2.75) is 32.7 Å². The molecule has 1 aromatic heterocycles. The highest BCUT2D eigenvalue weighted by Gasteiger charge is 2.17. The zero-order valence-electron chi connectivity index (χ0n) is 13.0. The predicted octanol–water partition coefficient (Wildman–Crippen LogP) is 3.07. The van der Waals surface area contributed by atoms with Gasteiger partial charge in [-0.25, -0.2) is 0 Å². The number of anilines is 1. The van der Waals surface area contributed by atoms with E-state index in [-0.39, 0.29) is 11.9 Å². The minimum Gasteiger partial charge on any atom is -0.372 e. The topological polar surface area (TPSA) is 58.4 Å². The maximum absolute atomic E-state index is 12.1. The minimum atomic E-state index is -0.212. The Labute approximate surface area is 130 Å². The second-order valence-corrected chi connectivity index (χ2v) is 5.81. The van der Waals surface area contributed by atoms with E-state index in [2.05, 4.69) is 27.5 Å². The normalized spacial score (nSPS) is 15.8. The Balaban J connectivity index is 1.70. The minimum absolute atomic E-state index is 0.0768. The largest absolute Gasteiger partial charge is 0.372 e. The van der Waals surface area contributed by atoms with E-state index in [1.807, 2.05) is 19.1 Å². The summed E-state index contributed by atoms with van der Waals surface area (Å²) in [6.07, 6.45) is 2.50. The van der Waals surface area contributed by atoms with Gasteiger partial charge in [-0.05, 0) is 44.4 Å². The predicted molar refractivity (Wildman–Crippen MR) is 85.0 cm³/mol. The zero-order chi connectivity index (χ0) is 15.5. The molecule has 0 bridgehead atoms. The number of hydrogen-bond acceptors (Lipinski definition) is 4. The fourth-order valence-electron chi connectivity index (χ4n) is 2.79. The Morgan fingerprint density at radius 3 is 2.77 bits per heavy atom. The molecule has 0 aliphatic carbocycles. The summed E-state index contributed by atoms with van der Waals surface area (Å²) >= 11 is 0. The third-order valence-electron chi connectivity index (χ3n) is 4.05. The molecule has 5 nitrogen and oxygen atoms in total. The van der Waals surface area contributed by atoms with Crippen molar-refractivity contribution in [1.29, 1.82) is 0 Å². The molecule has 1 atom stereocenters. The molecule has 1 unspecified atom stereocenters. The first-order chi connectivity index (χ1) is 10.6. The number of hydrogen-bond donors (Lipinski definition) is 1. The molecule has 1 aliphatic rings. The quantitative estimate of drug-likeness (QED) is 0.942. The number of aryl methyl sites for hydroxylation is 1. The van der Waals surface area contributed by atoms with Gasteiger partial charge in [-0.1, -0.05) is 17.3 Å². The van der Waals surface area contributed by atoms with Crippen LogP contribution in [0.3, 0.4) is 0 Å². The lowest BCUT2D eigenvalue weighted by molar-refractivity contribution is 0.0930.